The van der Waals surface area contributed by atoms with E-state index in [2.05, 4.69) is 0 Å². The van der Waals surface area contributed by atoms with Gasteiger partial charge in [-0.05, 0) is 30.7 Å². The predicted molar refractivity (Wildman–Crippen MR) is 65.7 cm³/mol. The summed E-state index contributed by atoms with van der Waals surface area (Å²) in [5.41, 5.74) is 6.70. The first kappa shape index (κ1) is 11.9. The van der Waals surface area contributed by atoms with Crippen molar-refractivity contribution < 1.29 is 4.79 Å². The fraction of sp³-hybridized carbons (Fsp3) is 0.333. The van der Waals surface area contributed by atoms with Crippen molar-refractivity contribution in [1.29, 1.82) is 5.26 Å². The maximum atomic E-state index is 11.8. The maximum Gasteiger partial charge on any atom is 0.227 e. The highest BCUT2D eigenvalue weighted by Gasteiger charge is 2.29. The van der Waals surface area contributed by atoms with Crippen molar-refractivity contribution in [2.24, 2.45) is 11.7 Å². The smallest absolute Gasteiger partial charge is 0.227 e. The van der Waals surface area contributed by atoms with E-state index >= 15 is 0 Å². The molecule has 5 heteroatoms. The molecule has 1 amide bonds. The summed E-state index contributed by atoms with van der Waals surface area (Å²) in [6, 6.07) is 6.96. The number of carbonyl (C=O) groups excluding carboxylic acids is 1. The largest absolute Gasteiger partial charge is 0.330 e. The lowest BCUT2D eigenvalue weighted by atomic mass is 10.1. The van der Waals surface area contributed by atoms with E-state index in [-0.39, 0.29) is 11.8 Å². The Morgan fingerprint density at radius 3 is 2.88 bits per heavy atom. The van der Waals surface area contributed by atoms with Crippen LogP contribution in [-0.2, 0) is 4.79 Å². The Bertz CT molecular complexity index is 495. The molecule has 0 aromatic heterocycles. The van der Waals surface area contributed by atoms with Gasteiger partial charge >= 0.3 is 0 Å². The van der Waals surface area contributed by atoms with E-state index in [1.165, 1.54) is 0 Å². The van der Waals surface area contributed by atoms with E-state index in [0.29, 0.717) is 35.8 Å². The van der Waals surface area contributed by atoms with Crippen LogP contribution >= 0.6 is 11.6 Å². The molecular formula is C12H12ClN3O. The SMILES string of the molecule is N#Cc1cc(Cl)cc(N2CC(CN)CC2=O)c1. The molecule has 1 aromatic carbocycles. The number of anilines is 1. The van der Waals surface area contributed by atoms with E-state index in [1.54, 1.807) is 23.1 Å². The number of nitriles is 1. The minimum absolute atomic E-state index is 0.0339. The molecule has 1 atom stereocenters. The zero-order chi connectivity index (χ0) is 12.4. The van der Waals surface area contributed by atoms with Crippen molar-refractivity contribution in [2.45, 2.75) is 6.42 Å². The third-order valence-corrected chi connectivity index (χ3v) is 3.08. The summed E-state index contributed by atoms with van der Waals surface area (Å²) >= 11 is 5.91. The topological polar surface area (TPSA) is 70.1 Å². The minimum Gasteiger partial charge on any atom is -0.330 e. The van der Waals surface area contributed by atoms with Crippen molar-refractivity contribution >= 4 is 23.2 Å². The molecule has 4 nitrogen and oxygen atoms in total. The van der Waals surface area contributed by atoms with Gasteiger partial charge in [-0.1, -0.05) is 11.6 Å². The molecule has 0 saturated carbocycles. The molecular weight excluding hydrogens is 238 g/mol. The first-order valence-electron chi connectivity index (χ1n) is 5.35. The molecule has 0 bridgehead atoms. The number of amides is 1. The number of nitrogens with zero attached hydrogens (tertiary/aromatic N) is 2. The van der Waals surface area contributed by atoms with Gasteiger partial charge in [0.05, 0.1) is 11.6 Å². The molecule has 0 aliphatic carbocycles. The quantitative estimate of drug-likeness (QED) is 0.864. The molecule has 1 heterocycles. The van der Waals surface area contributed by atoms with Crippen molar-refractivity contribution in [3.8, 4) is 6.07 Å². The molecule has 2 rings (SSSR count). The number of rotatable bonds is 2. The van der Waals surface area contributed by atoms with Crippen molar-refractivity contribution in [1.82, 2.24) is 0 Å². The number of hydrogen-bond donors (Lipinski definition) is 1. The van der Waals surface area contributed by atoms with Gasteiger partial charge in [-0.25, -0.2) is 0 Å². The highest BCUT2D eigenvalue weighted by Crippen LogP contribution is 2.28. The van der Waals surface area contributed by atoms with Gasteiger partial charge < -0.3 is 10.6 Å². The van der Waals surface area contributed by atoms with Crippen LogP contribution in [0.4, 0.5) is 5.69 Å². The van der Waals surface area contributed by atoms with Gasteiger partial charge in [-0.2, -0.15) is 5.26 Å². The zero-order valence-corrected chi connectivity index (χ0v) is 9.94. The van der Waals surface area contributed by atoms with Crippen molar-refractivity contribution in [3.63, 3.8) is 0 Å². The highest BCUT2D eigenvalue weighted by molar-refractivity contribution is 6.31. The summed E-state index contributed by atoms with van der Waals surface area (Å²) in [5.74, 6) is 0.221. The van der Waals surface area contributed by atoms with Gasteiger partial charge in [-0.15, -0.1) is 0 Å². The fourth-order valence-corrected chi connectivity index (χ4v) is 2.21. The lowest BCUT2D eigenvalue weighted by molar-refractivity contribution is -0.117. The van der Waals surface area contributed by atoms with Crippen LogP contribution in [-0.4, -0.2) is 19.0 Å². The Labute approximate surface area is 105 Å². The van der Waals surface area contributed by atoms with Crippen LogP contribution in [0.25, 0.3) is 0 Å². The number of halogens is 1. The Balaban J connectivity index is 2.32. The Hall–Kier alpha value is -1.57. The second kappa shape index (κ2) is 4.74. The van der Waals surface area contributed by atoms with E-state index in [1.807, 2.05) is 6.07 Å². The molecule has 1 aliphatic heterocycles. The standard InChI is InChI=1S/C12H12ClN3O/c13-10-1-8(5-14)2-11(4-10)16-7-9(6-15)3-12(16)17/h1-2,4,9H,3,6-7,15H2. The molecule has 1 aromatic rings. The van der Waals surface area contributed by atoms with Crippen LogP contribution in [0, 0.1) is 17.2 Å². The normalized spacial score (nSPS) is 19.5. The second-order valence-electron chi connectivity index (χ2n) is 4.12. The maximum absolute atomic E-state index is 11.8. The van der Waals surface area contributed by atoms with Crippen LogP contribution in [0.3, 0.4) is 0 Å². The number of nitrogens with two attached hydrogens (primary N) is 1. The van der Waals surface area contributed by atoms with Gasteiger partial charge in [0.1, 0.15) is 0 Å². The highest BCUT2D eigenvalue weighted by atomic mass is 35.5. The molecule has 2 N–H and O–H groups in total. The lowest BCUT2D eigenvalue weighted by Crippen LogP contribution is -2.25. The molecule has 1 saturated heterocycles. The van der Waals surface area contributed by atoms with E-state index in [9.17, 15) is 4.79 Å². The molecule has 0 spiro atoms. The Morgan fingerprint density at radius 1 is 1.53 bits per heavy atom. The zero-order valence-electron chi connectivity index (χ0n) is 9.19. The summed E-state index contributed by atoms with van der Waals surface area (Å²) in [6.45, 7) is 1.09. The molecule has 1 fully saturated rings. The minimum atomic E-state index is 0.0339. The Kier molecular flexibility index (Phi) is 3.32. The fourth-order valence-electron chi connectivity index (χ4n) is 1.98. The Morgan fingerprint density at radius 2 is 2.29 bits per heavy atom. The average molecular weight is 250 g/mol. The van der Waals surface area contributed by atoms with Gasteiger partial charge in [0.25, 0.3) is 0 Å². The first-order chi connectivity index (χ1) is 8.13. The monoisotopic (exact) mass is 249 g/mol. The number of hydrogen-bond acceptors (Lipinski definition) is 3. The summed E-state index contributed by atoms with van der Waals surface area (Å²) in [7, 11) is 0. The van der Waals surface area contributed by atoms with E-state index in [0.717, 1.165) is 0 Å². The van der Waals surface area contributed by atoms with Crippen molar-refractivity contribution in [2.75, 3.05) is 18.0 Å². The molecule has 0 radical (unpaired) electrons. The van der Waals surface area contributed by atoms with Gasteiger partial charge in [0.2, 0.25) is 5.91 Å². The van der Waals surface area contributed by atoms with Crippen molar-refractivity contribution in [3.05, 3.63) is 28.8 Å². The van der Waals surface area contributed by atoms with Crippen LogP contribution in [0.5, 0.6) is 0 Å². The van der Waals surface area contributed by atoms with Crippen LogP contribution in [0.15, 0.2) is 18.2 Å². The summed E-state index contributed by atoms with van der Waals surface area (Å²) < 4.78 is 0. The summed E-state index contributed by atoms with van der Waals surface area (Å²) in [5, 5.41) is 9.32. The third-order valence-electron chi connectivity index (χ3n) is 2.86. The first-order valence-corrected chi connectivity index (χ1v) is 5.73. The van der Waals surface area contributed by atoms with E-state index < -0.39 is 0 Å². The molecule has 17 heavy (non-hydrogen) atoms. The van der Waals surface area contributed by atoms with Crippen LogP contribution in [0.2, 0.25) is 5.02 Å². The molecule has 1 aliphatic rings. The average Bonchev–Trinajstić information content (AvgIpc) is 2.69. The third kappa shape index (κ3) is 2.41. The summed E-state index contributed by atoms with van der Waals surface area (Å²) in [6.07, 6.45) is 0.463. The van der Waals surface area contributed by atoms with E-state index in [4.69, 9.17) is 22.6 Å². The second-order valence-corrected chi connectivity index (χ2v) is 4.56. The lowest BCUT2D eigenvalue weighted by Gasteiger charge is -2.17. The van der Waals surface area contributed by atoms with Gasteiger partial charge in [-0.3, -0.25) is 4.79 Å². The predicted octanol–water partition coefficient (Wildman–Crippen LogP) is 1.52. The van der Waals surface area contributed by atoms with Crippen LogP contribution in [0.1, 0.15) is 12.0 Å². The van der Waals surface area contributed by atoms with Gasteiger partial charge in [0, 0.05) is 23.7 Å². The van der Waals surface area contributed by atoms with Gasteiger partial charge in [0.15, 0.2) is 0 Å². The molecule has 1 unspecified atom stereocenters. The number of carbonyl (C=O) groups is 1. The van der Waals surface area contributed by atoms with Crippen LogP contribution < -0.4 is 10.6 Å². The summed E-state index contributed by atoms with van der Waals surface area (Å²) in [4.78, 5) is 13.4. The number of benzene rings is 1. The molecule has 88 valence electrons.